The molecular formula is C12H19ClN2O. The van der Waals surface area contributed by atoms with E-state index >= 15 is 0 Å². The van der Waals surface area contributed by atoms with E-state index in [-0.39, 0.29) is 18.3 Å². The molecule has 16 heavy (non-hydrogen) atoms. The number of hydrogen-bond donors (Lipinski definition) is 2. The zero-order valence-corrected chi connectivity index (χ0v) is 10.3. The van der Waals surface area contributed by atoms with Gasteiger partial charge in [0.15, 0.2) is 0 Å². The maximum absolute atomic E-state index is 11.6. The van der Waals surface area contributed by atoms with Gasteiger partial charge in [-0.05, 0) is 30.7 Å². The lowest BCUT2D eigenvalue weighted by Gasteiger charge is -2.04. The topological polar surface area (TPSA) is 55.1 Å². The molecule has 0 aromatic heterocycles. The van der Waals surface area contributed by atoms with Gasteiger partial charge in [-0.25, -0.2) is 0 Å². The Bertz CT molecular complexity index is 311. The van der Waals surface area contributed by atoms with E-state index in [0.29, 0.717) is 11.3 Å². The van der Waals surface area contributed by atoms with Crippen LogP contribution >= 0.6 is 12.4 Å². The summed E-state index contributed by atoms with van der Waals surface area (Å²) in [4.78, 5) is 11.6. The van der Waals surface area contributed by atoms with Crippen molar-refractivity contribution in [2.24, 2.45) is 0 Å². The normalized spacial score (nSPS) is 9.31. The number of nitrogen functional groups attached to an aromatic ring is 1. The van der Waals surface area contributed by atoms with Gasteiger partial charge in [0.2, 0.25) is 0 Å². The van der Waals surface area contributed by atoms with Crippen molar-refractivity contribution in [2.75, 3.05) is 12.3 Å². The van der Waals surface area contributed by atoms with Crippen LogP contribution in [0.5, 0.6) is 0 Å². The van der Waals surface area contributed by atoms with Crippen molar-refractivity contribution in [3.05, 3.63) is 29.8 Å². The number of rotatable bonds is 5. The Labute approximate surface area is 103 Å². The molecule has 3 N–H and O–H groups in total. The second kappa shape index (κ2) is 7.99. The summed E-state index contributed by atoms with van der Waals surface area (Å²) in [6.45, 7) is 2.89. The fourth-order valence-corrected chi connectivity index (χ4v) is 1.31. The van der Waals surface area contributed by atoms with Gasteiger partial charge in [-0.1, -0.05) is 19.8 Å². The van der Waals surface area contributed by atoms with Crippen molar-refractivity contribution in [1.82, 2.24) is 5.32 Å². The van der Waals surface area contributed by atoms with Crippen molar-refractivity contribution in [2.45, 2.75) is 26.2 Å². The minimum Gasteiger partial charge on any atom is -0.399 e. The highest BCUT2D eigenvalue weighted by atomic mass is 35.5. The van der Waals surface area contributed by atoms with Crippen LogP contribution in [0.15, 0.2) is 24.3 Å². The van der Waals surface area contributed by atoms with Crippen molar-refractivity contribution in [1.29, 1.82) is 0 Å². The summed E-state index contributed by atoms with van der Waals surface area (Å²) in [7, 11) is 0. The summed E-state index contributed by atoms with van der Waals surface area (Å²) in [6, 6.07) is 6.96. The Morgan fingerprint density at radius 2 is 1.88 bits per heavy atom. The van der Waals surface area contributed by atoms with Gasteiger partial charge in [0.05, 0.1) is 0 Å². The van der Waals surface area contributed by atoms with E-state index in [1.807, 2.05) is 0 Å². The van der Waals surface area contributed by atoms with Crippen molar-refractivity contribution in [3.63, 3.8) is 0 Å². The molecule has 0 heterocycles. The zero-order chi connectivity index (χ0) is 11.1. The average Bonchev–Trinajstić information content (AvgIpc) is 2.25. The third-order valence-corrected chi connectivity index (χ3v) is 2.24. The molecule has 1 aromatic carbocycles. The Balaban J connectivity index is 0.00000225. The fourth-order valence-electron chi connectivity index (χ4n) is 1.31. The number of carbonyl (C=O) groups is 1. The maximum atomic E-state index is 11.6. The van der Waals surface area contributed by atoms with Crippen LogP contribution in [0.1, 0.15) is 36.5 Å². The largest absolute Gasteiger partial charge is 0.399 e. The number of carbonyl (C=O) groups excluding carboxylic acids is 1. The Hall–Kier alpha value is -1.22. The molecule has 0 bridgehead atoms. The van der Waals surface area contributed by atoms with Crippen LogP contribution in [0.4, 0.5) is 5.69 Å². The summed E-state index contributed by atoms with van der Waals surface area (Å²) in [6.07, 6.45) is 3.36. The molecule has 0 fully saturated rings. The number of unbranched alkanes of at least 4 members (excludes halogenated alkanes) is 2. The highest BCUT2D eigenvalue weighted by Crippen LogP contribution is 2.05. The second-order valence-electron chi connectivity index (χ2n) is 3.59. The Morgan fingerprint density at radius 3 is 2.44 bits per heavy atom. The summed E-state index contributed by atoms with van der Waals surface area (Å²) >= 11 is 0. The first kappa shape index (κ1) is 14.8. The summed E-state index contributed by atoms with van der Waals surface area (Å²) in [5, 5.41) is 2.87. The molecule has 0 radical (unpaired) electrons. The fraction of sp³-hybridized carbons (Fsp3) is 0.417. The quantitative estimate of drug-likeness (QED) is 0.616. The molecule has 0 aliphatic carbocycles. The van der Waals surface area contributed by atoms with Crippen LogP contribution in [-0.2, 0) is 0 Å². The van der Waals surface area contributed by atoms with Gasteiger partial charge >= 0.3 is 0 Å². The lowest BCUT2D eigenvalue weighted by molar-refractivity contribution is 0.0953. The van der Waals surface area contributed by atoms with Crippen LogP contribution < -0.4 is 11.1 Å². The molecule has 0 aliphatic heterocycles. The van der Waals surface area contributed by atoms with E-state index in [2.05, 4.69) is 12.2 Å². The van der Waals surface area contributed by atoms with Crippen molar-refractivity contribution < 1.29 is 4.79 Å². The van der Waals surface area contributed by atoms with E-state index in [1.165, 1.54) is 0 Å². The SMILES string of the molecule is CCCCCNC(=O)c1ccc(N)cc1.Cl. The molecule has 3 nitrogen and oxygen atoms in total. The first-order valence-corrected chi connectivity index (χ1v) is 5.37. The van der Waals surface area contributed by atoms with Crippen LogP contribution in [0.25, 0.3) is 0 Å². The van der Waals surface area contributed by atoms with E-state index in [1.54, 1.807) is 24.3 Å². The van der Waals surface area contributed by atoms with Gasteiger partial charge in [-0.2, -0.15) is 0 Å². The number of anilines is 1. The monoisotopic (exact) mass is 242 g/mol. The second-order valence-corrected chi connectivity index (χ2v) is 3.59. The molecule has 0 saturated carbocycles. The summed E-state index contributed by atoms with van der Waals surface area (Å²) in [5.74, 6) is -0.0221. The van der Waals surface area contributed by atoms with Crippen LogP contribution in [0.3, 0.4) is 0 Å². The zero-order valence-electron chi connectivity index (χ0n) is 9.53. The molecule has 1 aromatic rings. The first-order chi connectivity index (χ1) is 7.24. The van der Waals surface area contributed by atoms with E-state index < -0.39 is 0 Å². The Morgan fingerprint density at radius 1 is 1.25 bits per heavy atom. The molecule has 0 spiro atoms. The Kier molecular flexibility index (Phi) is 7.38. The molecule has 0 saturated heterocycles. The molecule has 1 rings (SSSR count). The van der Waals surface area contributed by atoms with Crippen LogP contribution in [0.2, 0.25) is 0 Å². The predicted octanol–water partition coefficient (Wildman–Crippen LogP) is 2.61. The molecule has 0 unspecified atom stereocenters. The average molecular weight is 243 g/mol. The minimum absolute atomic E-state index is 0. The third-order valence-electron chi connectivity index (χ3n) is 2.24. The van der Waals surface area contributed by atoms with E-state index in [0.717, 1.165) is 25.8 Å². The summed E-state index contributed by atoms with van der Waals surface area (Å²) < 4.78 is 0. The van der Waals surface area contributed by atoms with Gasteiger partial charge in [-0.15, -0.1) is 12.4 Å². The maximum Gasteiger partial charge on any atom is 0.251 e. The van der Waals surface area contributed by atoms with Gasteiger partial charge in [0.1, 0.15) is 0 Å². The predicted molar refractivity (Wildman–Crippen MR) is 70.0 cm³/mol. The molecule has 1 amide bonds. The molecule has 0 aliphatic rings. The van der Waals surface area contributed by atoms with Gasteiger partial charge < -0.3 is 11.1 Å². The smallest absolute Gasteiger partial charge is 0.251 e. The van der Waals surface area contributed by atoms with Gasteiger partial charge in [0, 0.05) is 17.8 Å². The van der Waals surface area contributed by atoms with Crippen LogP contribution in [0, 0.1) is 0 Å². The molecule has 4 heteroatoms. The van der Waals surface area contributed by atoms with Gasteiger partial charge in [-0.3, -0.25) is 4.79 Å². The van der Waals surface area contributed by atoms with Crippen LogP contribution in [-0.4, -0.2) is 12.5 Å². The van der Waals surface area contributed by atoms with Crippen molar-refractivity contribution >= 4 is 24.0 Å². The molecule has 90 valence electrons. The number of halogens is 1. The lowest BCUT2D eigenvalue weighted by Crippen LogP contribution is -2.24. The molecule has 0 atom stereocenters. The summed E-state index contributed by atoms with van der Waals surface area (Å²) in [5.41, 5.74) is 6.88. The van der Waals surface area contributed by atoms with Gasteiger partial charge in [0.25, 0.3) is 5.91 Å². The number of nitrogens with two attached hydrogens (primary N) is 1. The number of nitrogens with one attached hydrogen (secondary N) is 1. The van der Waals surface area contributed by atoms with Crippen molar-refractivity contribution in [3.8, 4) is 0 Å². The highest BCUT2D eigenvalue weighted by molar-refractivity contribution is 5.94. The highest BCUT2D eigenvalue weighted by Gasteiger charge is 2.02. The first-order valence-electron chi connectivity index (χ1n) is 5.37. The minimum atomic E-state index is -0.0221. The molecular weight excluding hydrogens is 224 g/mol. The van der Waals surface area contributed by atoms with E-state index in [9.17, 15) is 4.79 Å². The standard InChI is InChI=1S/C12H18N2O.ClH/c1-2-3-4-9-14-12(15)10-5-7-11(13)8-6-10;/h5-8H,2-4,9,13H2,1H3,(H,14,15);1H. The van der Waals surface area contributed by atoms with E-state index in [4.69, 9.17) is 5.73 Å². The third kappa shape index (κ3) is 5.03. The lowest BCUT2D eigenvalue weighted by atomic mass is 10.2. The number of hydrogen-bond acceptors (Lipinski definition) is 2. The number of benzene rings is 1. The number of amides is 1.